The van der Waals surface area contributed by atoms with Gasteiger partial charge in [0.15, 0.2) is 0 Å². The molecule has 6 heteroatoms. The first-order valence-electron chi connectivity index (χ1n) is 5.29. The molecule has 0 unspecified atom stereocenters. The fraction of sp³-hybridized carbons (Fsp3) is 0. The average molecular weight is 299 g/mol. The van der Waals surface area contributed by atoms with Crippen molar-refractivity contribution in [2.45, 2.75) is 0 Å². The molecule has 0 saturated carbocycles. The van der Waals surface area contributed by atoms with Crippen LogP contribution in [0, 0.1) is 11.6 Å². The number of thiocarbonyl (C=S) groups is 1. The first-order valence-corrected chi connectivity index (χ1v) is 6.08. The van der Waals surface area contributed by atoms with Gasteiger partial charge in [-0.3, -0.25) is 0 Å². The van der Waals surface area contributed by atoms with Gasteiger partial charge in [0, 0.05) is 5.69 Å². The third-order valence-electron chi connectivity index (χ3n) is 2.46. The normalized spacial score (nSPS) is 10.3. The average Bonchev–Trinajstić information content (AvgIpc) is 2.33. The molecule has 3 N–H and O–H groups in total. The van der Waals surface area contributed by atoms with Gasteiger partial charge in [0.2, 0.25) is 0 Å². The highest BCUT2D eigenvalue weighted by atomic mass is 35.5. The summed E-state index contributed by atoms with van der Waals surface area (Å²) in [5, 5.41) is 2.87. The monoisotopic (exact) mass is 298 g/mol. The molecule has 0 spiro atoms. The predicted octanol–water partition coefficient (Wildman–Crippen LogP) is 4.00. The number of hydrogen-bond acceptors (Lipinski definition) is 2. The van der Waals surface area contributed by atoms with Crippen molar-refractivity contribution in [1.82, 2.24) is 0 Å². The zero-order chi connectivity index (χ0) is 14.0. The van der Waals surface area contributed by atoms with E-state index in [2.05, 4.69) is 5.32 Å². The number of rotatable bonds is 3. The van der Waals surface area contributed by atoms with Crippen molar-refractivity contribution in [3.8, 4) is 0 Å². The summed E-state index contributed by atoms with van der Waals surface area (Å²) in [5.74, 6) is -1.05. The summed E-state index contributed by atoms with van der Waals surface area (Å²) in [5.41, 5.74) is 6.50. The maximum Gasteiger partial charge on any atom is 0.141 e. The van der Waals surface area contributed by atoms with Crippen LogP contribution >= 0.6 is 23.8 Å². The van der Waals surface area contributed by atoms with Crippen molar-refractivity contribution in [2.24, 2.45) is 5.73 Å². The quantitative estimate of drug-likeness (QED) is 0.841. The Kier molecular flexibility index (Phi) is 3.97. The van der Waals surface area contributed by atoms with Crippen LogP contribution < -0.4 is 11.1 Å². The van der Waals surface area contributed by atoms with E-state index in [1.807, 2.05) is 0 Å². The van der Waals surface area contributed by atoms with E-state index in [0.29, 0.717) is 11.4 Å². The third-order valence-corrected chi connectivity index (χ3v) is 2.95. The van der Waals surface area contributed by atoms with Crippen molar-refractivity contribution in [3.63, 3.8) is 0 Å². The summed E-state index contributed by atoms with van der Waals surface area (Å²) in [6.45, 7) is 0. The molecule has 0 heterocycles. The number of nitrogens with two attached hydrogens (primary N) is 1. The lowest BCUT2D eigenvalue weighted by Crippen LogP contribution is -2.14. The molecular weight excluding hydrogens is 290 g/mol. The topological polar surface area (TPSA) is 38.0 Å². The van der Waals surface area contributed by atoms with Gasteiger partial charge in [0.25, 0.3) is 0 Å². The van der Waals surface area contributed by atoms with Crippen LogP contribution in [0.2, 0.25) is 5.02 Å². The zero-order valence-corrected chi connectivity index (χ0v) is 11.2. The second kappa shape index (κ2) is 5.50. The van der Waals surface area contributed by atoms with E-state index < -0.39 is 11.6 Å². The Labute approximate surface area is 119 Å². The number of benzene rings is 2. The van der Waals surface area contributed by atoms with Gasteiger partial charge in [-0.1, -0.05) is 29.9 Å². The maximum atomic E-state index is 13.7. The Morgan fingerprint density at radius 3 is 2.53 bits per heavy atom. The van der Waals surface area contributed by atoms with Crippen molar-refractivity contribution >= 4 is 40.2 Å². The van der Waals surface area contributed by atoms with Crippen LogP contribution in [-0.4, -0.2) is 4.99 Å². The molecule has 0 aliphatic heterocycles. The van der Waals surface area contributed by atoms with E-state index in [9.17, 15) is 8.78 Å². The number of hydrogen-bond donors (Lipinski definition) is 2. The minimum Gasteiger partial charge on any atom is -0.389 e. The largest absolute Gasteiger partial charge is 0.389 e. The molecule has 0 atom stereocenters. The molecule has 0 fully saturated rings. The highest BCUT2D eigenvalue weighted by Gasteiger charge is 2.11. The van der Waals surface area contributed by atoms with Gasteiger partial charge in [-0.05, 0) is 30.3 Å². The highest BCUT2D eigenvalue weighted by Crippen LogP contribution is 2.26. The van der Waals surface area contributed by atoms with Gasteiger partial charge in [0.05, 0.1) is 16.3 Å². The first-order chi connectivity index (χ1) is 8.99. The lowest BCUT2D eigenvalue weighted by atomic mass is 10.1. The molecule has 0 aliphatic carbocycles. The second-order valence-corrected chi connectivity index (χ2v) is 4.63. The molecule has 19 heavy (non-hydrogen) atoms. The molecule has 2 rings (SSSR count). The van der Waals surface area contributed by atoms with Crippen LogP contribution in [0.1, 0.15) is 5.56 Å². The summed E-state index contributed by atoms with van der Waals surface area (Å²) >= 11 is 10.5. The summed E-state index contributed by atoms with van der Waals surface area (Å²) < 4.78 is 26.7. The van der Waals surface area contributed by atoms with Gasteiger partial charge < -0.3 is 11.1 Å². The SMILES string of the molecule is NC(=S)c1c(F)cccc1Nc1ccc(F)c(Cl)c1. The summed E-state index contributed by atoms with van der Waals surface area (Å²) in [6.07, 6.45) is 0. The van der Waals surface area contributed by atoms with Crippen molar-refractivity contribution < 1.29 is 8.78 Å². The Balaban J connectivity index is 2.40. The van der Waals surface area contributed by atoms with Crippen LogP contribution in [0.5, 0.6) is 0 Å². The van der Waals surface area contributed by atoms with Crippen LogP contribution in [0.4, 0.5) is 20.2 Å². The number of anilines is 2. The van der Waals surface area contributed by atoms with Gasteiger partial charge in [-0.15, -0.1) is 0 Å². The number of nitrogens with one attached hydrogen (secondary N) is 1. The van der Waals surface area contributed by atoms with E-state index in [-0.39, 0.29) is 15.6 Å². The molecule has 98 valence electrons. The van der Waals surface area contributed by atoms with Gasteiger partial charge in [-0.25, -0.2) is 8.78 Å². The van der Waals surface area contributed by atoms with Gasteiger partial charge >= 0.3 is 0 Å². The fourth-order valence-electron chi connectivity index (χ4n) is 1.61. The summed E-state index contributed by atoms with van der Waals surface area (Å²) in [4.78, 5) is -0.0613. The van der Waals surface area contributed by atoms with Crippen molar-refractivity contribution in [3.05, 3.63) is 58.6 Å². The smallest absolute Gasteiger partial charge is 0.141 e. The molecule has 0 saturated heterocycles. The van der Waals surface area contributed by atoms with E-state index in [1.54, 1.807) is 6.07 Å². The van der Waals surface area contributed by atoms with E-state index in [1.165, 1.54) is 30.3 Å². The van der Waals surface area contributed by atoms with E-state index >= 15 is 0 Å². The summed E-state index contributed by atoms with van der Waals surface area (Å²) in [6, 6.07) is 8.49. The molecule has 0 bridgehead atoms. The van der Waals surface area contributed by atoms with Crippen molar-refractivity contribution in [1.29, 1.82) is 0 Å². The summed E-state index contributed by atoms with van der Waals surface area (Å²) in [7, 11) is 0. The van der Waals surface area contributed by atoms with Gasteiger partial charge in [0.1, 0.15) is 16.6 Å². The Hall–Kier alpha value is -1.72. The van der Waals surface area contributed by atoms with Crippen LogP contribution in [-0.2, 0) is 0 Å². The first kappa shape index (κ1) is 13.7. The second-order valence-electron chi connectivity index (χ2n) is 3.78. The Morgan fingerprint density at radius 1 is 1.16 bits per heavy atom. The highest BCUT2D eigenvalue weighted by molar-refractivity contribution is 7.80. The standard InChI is InChI=1S/C13H9ClF2N2S/c14-8-6-7(4-5-9(8)15)18-11-3-1-2-10(16)12(11)13(17)19/h1-6,18H,(H2,17,19). The molecule has 0 aromatic heterocycles. The lowest BCUT2D eigenvalue weighted by Gasteiger charge is -2.12. The fourth-order valence-corrected chi connectivity index (χ4v) is 2.00. The Bertz CT molecular complexity index is 647. The van der Waals surface area contributed by atoms with Crippen LogP contribution in [0.3, 0.4) is 0 Å². The van der Waals surface area contributed by atoms with Crippen LogP contribution in [0.25, 0.3) is 0 Å². The zero-order valence-electron chi connectivity index (χ0n) is 9.58. The van der Waals surface area contributed by atoms with Gasteiger partial charge in [-0.2, -0.15) is 0 Å². The van der Waals surface area contributed by atoms with E-state index in [0.717, 1.165) is 0 Å². The third kappa shape index (κ3) is 3.00. The molecule has 2 aromatic carbocycles. The molecule has 0 amide bonds. The predicted molar refractivity (Wildman–Crippen MR) is 77.0 cm³/mol. The lowest BCUT2D eigenvalue weighted by molar-refractivity contribution is 0.626. The molecule has 0 radical (unpaired) electrons. The van der Waals surface area contributed by atoms with Crippen LogP contribution in [0.15, 0.2) is 36.4 Å². The molecule has 2 nitrogen and oxygen atoms in total. The van der Waals surface area contributed by atoms with Crippen molar-refractivity contribution in [2.75, 3.05) is 5.32 Å². The molecule has 2 aromatic rings. The Morgan fingerprint density at radius 2 is 1.89 bits per heavy atom. The number of halogens is 3. The molecule has 0 aliphatic rings. The maximum absolute atomic E-state index is 13.7. The molecular formula is C13H9ClF2N2S. The van der Waals surface area contributed by atoms with E-state index in [4.69, 9.17) is 29.6 Å². The minimum absolute atomic E-state index is 0.0294. The minimum atomic E-state index is -0.527.